The first-order valence-corrected chi connectivity index (χ1v) is 11.0. The monoisotopic (exact) mass is 486 g/mol. The molecule has 4 rings (SSSR count). The minimum absolute atomic E-state index is 0.0663. The number of nitrogens with one attached hydrogen (secondary N) is 2. The van der Waals surface area contributed by atoms with Gasteiger partial charge in [-0.05, 0) is 42.8 Å². The van der Waals surface area contributed by atoms with Crippen LogP contribution in [-0.2, 0) is 0 Å². The first-order valence-electron chi connectivity index (χ1n) is 9.77. The largest absolute Gasteiger partial charge is 0.491 e. The highest BCUT2D eigenvalue weighted by molar-refractivity contribution is 7.20. The second-order valence-corrected chi connectivity index (χ2v) is 8.54. The van der Waals surface area contributed by atoms with Gasteiger partial charge in [0.25, 0.3) is 17.3 Å². The van der Waals surface area contributed by atoms with E-state index in [0.717, 1.165) is 21.5 Å². The fourth-order valence-corrected chi connectivity index (χ4v) is 4.35. The average Bonchev–Trinajstić information content (AvgIpc) is 3.23. The number of carbonyl (C=O) groups is 1. The summed E-state index contributed by atoms with van der Waals surface area (Å²) in [6.45, 7) is 1.84. The highest BCUT2D eigenvalue weighted by Gasteiger charge is 2.19. The summed E-state index contributed by atoms with van der Waals surface area (Å²) in [5.74, 6) is 0.187. The van der Waals surface area contributed by atoms with Crippen molar-refractivity contribution in [1.29, 1.82) is 0 Å². The zero-order valence-electron chi connectivity index (χ0n) is 17.8. The standard InChI is InChI=1S/C22H19ClN4O5S/c1-11(12-4-6-13(23)7-5-12)24-19(28)16-10-14-18(33-16)21(29)27(22(30)25-14)17-9-8-15(31-2)20(26-17)32-3/h4-11H,1-3H3,(H,24,28)(H,25,30)/t11-/m0/s1. The van der Waals surface area contributed by atoms with Crippen molar-refractivity contribution in [2.24, 2.45) is 0 Å². The maximum atomic E-state index is 13.1. The Bertz CT molecular complexity index is 1460. The van der Waals surface area contributed by atoms with Gasteiger partial charge in [-0.25, -0.2) is 9.36 Å². The number of nitrogens with zero attached hydrogens (tertiary/aromatic N) is 2. The number of fused-ring (bicyclic) bond motifs is 1. The molecule has 0 aliphatic rings. The molecule has 0 bridgehead atoms. The summed E-state index contributed by atoms with van der Waals surface area (Å²) < 4.78 is 11.4. The molecule has 0 radical (unpaired) electrons. The van der Waals surface area contributed by atoms with E-state index in [1.54, 1.807) is 18.2 Å². The van der Waals surface area contributed by atoms with Crippen LogP contribution in [0.3, 0.4) is 0 Å². The first kappa shape index (κ1) is 22.6. The summed E-state index contributed by atoms with van der Waals surface area (Å²) in [6.07, 6.45) is 0. The lowest BCUT2D eigenvalue weighted by Gasteiger charge is -2.13. The quantitative estimate of drug-likeness (QED) is 0.432. The molecule has 0 unspecified atom stereocenters. The third-order valence-corrected chi connectivity index (χ3v) is 6.34. The lowest BCUT2D eigenvalue weighted by molar-refractivity contribution is 0.0944. The molecule has 0 spiro atoms. The van der Waals surface area contributed by atoms with Crippen LogP contribution in [0, 0.1) is 0 Å². The third-order valence-electron chi connectivity index (χ3n) is 4.97. The molecule has 4 aromatic rings. The molecule has 11 heteroatoms. The Morgan fingerprint density at radius 2 is 1.88 bits per heavy atom. The topological polar surface area (TPSA) is 115 Å². The average molecular weight is 487 g/mol. The van der Waals surface area contributed by atoms with E-state index in [1.165, 1.54) is 26.4 Å². The summed E-state index contributed by atoms with van der Waals surface area (Å²) >= 11 is 6.90. The van der Waals surface area contributed by atoms with Crippen LogP contribution in [-0.4, -0.2) is 34.7 Å². The van der Waals surface area contributed by atoms with Gasteiger partial charge >= 0.3 is 5.69 Å². The van der Waals surface area contributed by atoms with Gasteiger partial charge in [-0.2, -0.15) is 4.98 Å². The van der Waals surface area contributed by atoms with Crippen molar-refractivity contribution in [2.75, 3.05) is 14.2 Å². The van der Waals surface area contributed by atoms with E-state index in [9.17, 15) is 14.4 Å². The Morgan fingerprint density at radius 3 is 2.55 bits per heavy atom. The Labute approximate surface area is 196 Å². The smallest absolute Gasteiger partial charge is 0.334 e. The van der Waals surface area contributed by atoms with Gasteiger partial charge in [-0.1, -0.05) is 23.7 Å². The Balaban J connectivity index is 1.69. The van der Waals surface area contributed by atoms with Gasteiger partial charge in [0.2, 0.25) is 0 Å². The van der Waals surface area contributed by atoms with Crippen LogP contribution < -0.4 is 26.0 Å². The summed E-state index contributed by atoms with van der Waals surface area (Å²) in [5, 5.41) is 3.49. The predicted octanol–water partition coefficient (Wildman–Crippen LogP) is 3.30. The summed E-state index contributed by atoms with van der Waals surface area (Å²) in [7, 11) is 2.86. The number of benzene rings is 1. The predicted molar refractivity (Wildman–Crippen MR) is 126 cm³/mol. The van der Waals surface area contributed by atoms with Gasteiger partial charge < -0.3 is 19.8 Å². The first-order chi connectivity index (χ1) is 15.8. The molecule has 0 saturated carbocycles. The molecule has 33 heavy (non-hydrogen) atoms. The Morgan fingerprint density at radius 1 is 1.15 bits per heavy atom. The molecule has 0 saturated heterocycles. The van der Waals surface area contributed by atoms with Crippen LogP contribution in [0.4, 0.5) is 0 Å². The van der Waals surface area contributed by atoms with Crippen LogP contribution >= 0.6 is 22.9 Å². The number of hydrogen-bond donors (Lipinski definition) is 2. The fraction of sp³-hybridized carbons (Fsp3) is 0.182. The van der Waals surface area contributed by atoms with Crippen molar-refractivity contribution in [3.8, 4) is 17.4 Å². The number of carbonyl (C=O) groups excluding carboxylic acids is 1. The SMILES string of the molecule is COc1ccc(-n2c(=O)[nH]c3cc(C(=O)N[C@@H](C)c4ccc(Cl)cc4)sc3c2=O)nc1OC. The second kappa shape index (κ2) is 9.08. The van der Waals surface area contributed by atoms with E-state index in [2.05, 4.69) is 15.3 Å². The number of thiophene rings is 1. The van der Waals surface area contributed by atoms with Crippen LogP contribution in [0.1, 0.15) is 28.2 Å². The number of hydrogen-bond acceptors (Lipinski definition) is 7. The van der Waals surface area contributed by atoms with Crippen molar-refractivity contribution in [2.45, 2.75) is 13.0 Å². The molecule has 3 aromatic heterocycles. The number of halogens is 1. The lowest BCUT2D eigenvalue weighted by Crippen LogP contribution is -2.33. The molecule has 0 fully saturated rings. The number of rotatable bonds is 6. The highest BCUT2D eigenvalue weighted by atomic mass is 35.5. The zero-order chi connectivity index (χ0) is 23.7. The number of aromatic nitrogens is 3. The Kier molecular flexibility index (Phi) is 6.21. The normalized spacial score (nSPS) is 11.9. The van der Waals surface area contributed by atoms with E-state index >= 15 is 0 Å². The van der Waals surface area contributed by atoms with E-state index in [-0.39, 0.29) is 38.7 Å². The van der Waals surface area contributed by atoms with Crippen LogP contribution in [0.2, 0.25) is 5.02 Å². The third kappa shape index (κ3) is 4.35. The van der Waals surface area contributed by atoms with Crippen molar-refractivity contribution >= 4 is 39.1 Å². The van der Waals surface area contributed by atoms with Gasteiger partial charge in [-0.3, -0.25) is 9.59 Å². The second-order valence-electron chi connectivity index (χ2n) is 7.05. The molecular weight excluding hydrogens is 468 g/mol. The van der Waals surface area contributed by atoms with Gasteiger partial charge in [0.1, 0.15) is 10.5 Å². The number of amides is 1. The van der Waals surface area contributed by atoms with Crippen molar-refractivity contribution in [3.63, 3.8) is 0 Å². The molecule has 1 aromatic carbocycles. The van der Waals surface area contributed by atoms with Gasteiger partial charge in [0.05, 0.1) is 30.7 Å². The molecule has 1 amide bonds. The van der Waals surface area contributed by atoms with E-state index in [0.29, 0.717) is 10.8 Å². The van der Waals surface area contributed by atoms with Crippen LogP contribution in [0.5, 0.6) is 11.6 Å². The van der Waals surface area contributed by atoms with Crippen molar-refractivity contribution in [3.05, 3.63) is 78.8 Å². The molecule has 1 atom stereocenters. The molecule has 0 aliphatic heterocycles. The maximum Gasteiger partial charge on any atom is 0.334 e. The van der Waals surface area contributed by atoms with E-state index in [1.807, 2.05) is 19.1 Å². The number of aromatic amines is 1. The lowest BCUT2D eigenvalue weighted by atomic mass is 10.1. The molecule has 170 valence electrons. The fourth-order valence-electron chi connectivity index (χ4n) is 3.27. The number of methoxy groups -OCH3 is 2. The molecule has 2 N–H and O–H groups in total. The van der Waals surface area contributed by atoms with Gasteiger partial charge in [-0.15, -0.1) is 11.3 Å². The molecule has 3 heterocycles. The van der Waals surface area contributed by atoms with Crippen LogP contribution in [0.25, 0.3) is 16.0 Å². The number of H-pyrrole nitrogens is 1. The molecular formula is C22H19ClN4O5S. The number of ether oxygens (including phenoxy) is 2. The molecule has 0 aliphatic carbocycles. The summed E-state index contributed by atoms with van der Waals surface area (Å²) in [6, 6.07) is 11.4. The summed E-state index contributed by atoms with van der Waals surface area (Å²) in [5.41, 5.74) is -0.130. The maximum absolute atomic E-state index is 13.1. The summed E-state index contributed by atoms with van der Waals surface area (Å²) in [4.78, 5) is 45.7. The van der Waals surface area contributed by atoms with Gasteiger partial charge in [0.15, 0.2) is 5.75 Å². The van der Waals surface area contributed by atoms with Gasteiger partial charge in [0, 0.05) is 5.02 Å². The number of pyridine rings is 1. The Hall–Kier alpha value is -3.63. The zero-order valence-corrected chi connectivity index (χ0v) is 19.4. The molecule has 9 nitrogen and oxygen atoms in total. The van der Waals surface area contributed by atoms with E-state index in [4.69, 9.17) is 21.1 Å². The van der Waals surface area contributed by atoms with Crippen LogP contribution in [0.15, 0.2) is 52.1 Å². The minimum Gasteiger partial charge on any atom is -0.491 e. The highest BCUT2D eigenvalue weighted by Crippen LogP contribution is 2.26. The van der Waals surface area contributed by atoms with E-state index < -0.39 is 11.2 Å². The van der Waals surface area contributed by atoms with Crippen molar-refractivity contribution < 1.29 is 14.3 Å². The van der Waals surface area contributed by atoms with Crippen molar-refractivity contribution in [1.82, 2.24) is 19.9 Å². The minimum atomic E-state index is -0.688.